The van der Waals surface area contributed by atoms with E-state index >= 15 is 0 Å². The van der Waals surface area contributed by atoms with Crippen molar-refractivity contribution < 1.29 is 5.11 Å². The summed E-state index contributed by atoms with van der Waals surface area (Å²) in [4.78, 5) is 0. The molecular formula is C10H14N2OS. The van der Waals surface area contributed by atoms with Crippen molar-refractivity contribution in [1.82, 2.24) is 9.59 Å². The van der Waals surface area contributed by atoms with Crippen molar-refractivity contribution in [3.05, 3.63) is 22.7 Å². The van der Waals surface area contributed by atoms with Gasteiger partial charge in [0.05, 0.1) is 0 Å². The van der Waals surface area contributed by atoms with Crippen LogP contribution in [0.3, 0.4) is 0 Å². The number of hydrogen-bond acceptors (Lipinski definition) is 4. The normalized spacial score (nSPS) is 19.9. The van der Waals surface area contributed by atoms with Gasteiger partial charge in [0.2, 0.25) is 0 Å². The third-order valence-corrected chi connectivity index (χ3v) is 3.11. The first-order valence-electron chi connectivity index (χ1n) is 5.02. The first-order valence-corrected chi connectivity index (χ1v) is 5.85. The van der Waals surface area contributed by atoms with Crippen molar-refractivity contribution in [2.75, 3.05) is 0 Å². The Balaban J connectivity index is 2.10. The van der Waals surface area contributed by atoms with Gasteiger partial charge in [-0.3, -0.25) is 0 Å². The second kappa shape index (κ2) is 4.66. The van der Waals surface area contributed by atoms with Gasteiger partial charge < -0.3 is 5.11 Å². The fraction of sp³-hybridized carbons (Fsp3) is 0.600. The molecule has 3 nitrogen and oxygen atoms in total. The van der Waals surface area contributed by atoms with Crippen LogP contribution >= 0.6 is 11.5 Å². The molecule has 0 radical (unpaired) electrons. The lowest BCUT2D eigenvalue weighted by Crippen LogP contribution is -2.02. The van der Waals surface area contributed by atoms with Crippen LogP contribution in [0.4, 0.5) is 0 Å². The van der Waals surface area contributed by atoms with Crippen molar-refractivity contribution >= 4 is 11.5 Å². The van der Waals surface area contributed by atoms with E-state index in [1.165, 1.54) is 30.8 Å². The number of rotatable bonds is 2. The van der Waals surface area contributed by atoms with Gasteiger partial charge in [-0.25, -0.2) is 0 Å². The highest BCUT2D eigenvalue weighted by molar-refractivity contribution is 7.03. The maximum absolute atomic E-state index is 10.00. The van der Waals surface area contributed by atoms with E-state index in [1.807, 2.05) is 5.38 Å². The maximum Gasteiger partial charge on any atom is 0.120 e. The Labute approximate surface area is 87.6 Å². The predicted molar refractivity (Wildman–Crippen MR) is 56.0 cm³/mol. The molecule has 0 spiro atoms. The van der Waals surface area contributed by atoms with Gasteiger partial charge in [-0.2, -0.15) is 0 Å². The number of allylic oxidation sites excluding steroid dienone is 1. The molecule has 0 aliphatic heterocycles. The van der Waals surface area contributed by atoms with Gasteiger partial charge in [-0.15, -0.1) is 5.10 Å². The van der Waals surface area contributed by atoms with Gasteiger partial charge in [0, 0.05) is 5.38 Å². The summed E-state index contributed by atoms with van der Waals surface area (Å²) < 4.78 is 3.77. The van der Waals surface area contributed by atoms with Crippen LogP contribution in [-0.2, 0) is 0 Å². The molecule has 1 aliphatic carbocycles. The van der Waals surface area contributed by atoms with Crippen molar-refractivity contribution in [2.24, 2.45) is 0 Å². The van der Waals surface area contributed by atoms with E-state index in [4.69, 9.17) is 0 Å². The van der Waals surface area contributed by atoms with Gasteiger partial charge in [-0.05, 0) is 42.8 Å². The smallest absolute Gasteiger partial charge is 0.120 e. The molecule has 0 bridgehead atoms. The zero-order chi connectivity index (χ0) is 9.80. The van der Waals surface area contributed by atoms with Crippen LogP contribution in [0.2, 0.25) is 0 Å². The molecule has 4 heteroatoms. The first-order chi connectivity index (χ1) is 6.88. The Morgan fingerprint density at radius 2 is 2.29 bits per heavy atom. The number of aromatic nitrogens is 2. The van der Waals surface area contributed by atoms with Crippen molar-refractivity contribution in [3.8, 4) is 0 Å². The highest BCUT2D eigenvalue weighted by Crippen LogP contribution is 2.28. The van der Waals surface area contributed by atoms with E-state index in [9.17, 15) is 5.11 Å². The summed E-state index contributed by atoms with van der Waals surface area (Å²) in [7, 11) is 0. The molecular weight excluding hydrogens is 196 g/mol. The third kappa shape index (κ3) is 2.19. The fourth-order valence-electron chi connectivity index (χ4n) is 1.77. The zero-order valence-corrected chi connectivity index (χ0v) is 8.83. The Bertz CT molecular complexity index is 308. The van der Waals surface area contributed by atoms with E-state index in [-0.39, 0.29) is 0 Å². The summed E-state index contributed by atoms with van der Waals surface area (Å²) in [6.45, 7) is 0. The quantitative estimate of drug-likeness (QED) is 0.763. The van der Waals surface area contributed by atoms with Crippen LogP contribution in [0, 0.1) is 0 Å². The second-order valence-corrected chi connectivity index (χ2v) is 4.22. The molecule has 1 N–H and O–H groups in total. The Hall–Kier alpha value is -0.740. The lowest BCUT2D eigenvalue weighted by molar-refractivity contribution is 0.205. The number of nitrogens with zero attached hydrogens (tertiary/aromatic N) is 2. The minimum absolute atomic E-state index is 0.521. The third-order valence-electron chi connectivity index (χ3n) is 2.58. The van der Waals surface area contributed by atoms with Gasteiger partial charge >= 0.3 is 0 Å². The van der Waals surface area contributed by atoms with E-state index < -0.39 is 6.10 Å². The van der Waals surface area contributed by atoms with E-state index in [2.05, 4.69) is 15.7 Å². The lowest BCUT2D eigenvalue weighted by atomic mass is 10.0. The summed E-state index contributed by atoms with van der Waals surface area (Å²) in [6, 6.07) is 0. The average Bonchev–Trinajstić information content (AvgIpc) is 2.59. The molecule has 0 aromatic carbocycles. The molecule has 1 aliphatic rings. The lowest BCUT2D eigenvalue weighted by Gasteiger charge is -2.10. The number of hydrogen-bond donors (Lipinski definition) is 1. The van der Waals surface area contributed by atoms with E-state index in [0.29, 0.717) is 5.69 Å². The van der Waals surface area contributed by atoms with Gasteiger partial charge in [0.25, 0.3) is 0 Å². The minimum atomic E-state index is -0.521. The average molecular weight is 210 g/mol. The standard InChI is InChI=1S/C10H14N2OS/c13-10(9-7-14-12-11-9)8-5-3-1-2-4-6-8/h5,7,10,13H,1-4,6H2. The molecule has 2 rings (SSSR count). The molecule has 1 aromatic heterocycles. The summed E-state index contributed by atoms with van der Waals surface area (Å²) in [6.07, 6.45) is 7.42. The molecule has 0 saturated heterocycles. The second-order valence-electron chi connectivity index (χ2n) is 3.61. The van der Waals surface area contributed by atoms with Gasteiger partial charge in [0.15, 0.2) is 0 Å². The van der Waals surface area contributed by atoms with Crippen LogP contribution in [-0.4, -0.2) is 14.7 Å². The summed E-state index contributed by atoms with van der Waals surface area (Å²) in [5.41, 5.74) is 1.82. The van der Waals surface area contributed by atoms with Crippen LogP contribution in [0.5, 0.6) is 0 Å². The van der Waals surface area contributed by atoms with Gasteiger partial charge in [-0.1, -0.05) is 17.0 Å². The number of aliphatic hydroxyl groups is 1. The summed E-state index contributed by atoms with van der Waals surface area (Å²) in [5, 5.41) is 15.7. The Kier molecular flexibility index (Phi) is 3.26. The van der Waals surface area contributed by atoms with E-state index in [1.54, 1.807) is 0 Å². The molecule has 1 atom stereocenters. The predicted octanol–water partition coefficient (Wildman–Crippen LogP) is 2.46. The highest BCUT2D eigenvalue weighted by Gasteiger charge is 2.16. The van der Waals surface area contributed by atoms with Crippen LogP contribution in [0.15, 0.2) is 17.0 Å². The molecule has 0 fully saturated rings. The van der Waals surface area contributed by atoms with Crippen molar-refractivity contribution in [1.29, 1.82) is 0 Å². The summed E-state index contributed by atoms with van der Waals surface area (Å²) >= 11 is 1.29. The molecule has 14 heavy (non-hydrogen) atoms. The monoisotopic (exact) mass is 210 g/mol. The van der Waals surface area contributed by atoms with Crippen molar-refractivity contribution in [2.45, 2.75) is 38.2 Å². The largest absolute Gasteiger partial charge is 0.382 e. The highest BCUT2D eigenvalue weighted by atomic mass is 32.1. The number of aliphatic hydroxyl groups excluding tert-OH is 1. The van der Waals surface area contributed by atoms with Crippen LogP contribution in [0.25, 0.3) is 0 Å². The zero-order valence-electron chi connectivity index (χ0n) is 8.02. The molecule has 0 amide bonds. The molecule has 0 saturated carbocycles. The van der Waals surface area contributed by atoms with Crippen LogP contribution < -0.4 is 0 Å². The van der Waals surface area contributed by atoms with Gasteiger partial charge in [0.1, 0.15) is 11.8 Å². The molecule has 76 valence electrons. The molecule has 1 aromatic rings. The molecule has 1 heterocycles. The Morgan fingerprint density at radius 3 is 3.07 bits per heavy atom. The van der Waals surface area contributed by atoms with Crippen molar-refractivity contribution in [3.63, 3.8) is 0 Å². The summed E-state index contributed by atoms with van der Waals surface area (Å²) in [5.74, 6) is 0. The Morgan fingerprint density at radius 1 is 1.36 bits per heavy atom. The maximum atomic E-state index is 10.00. The van der Waals surface area contributed by atoms with Crippen LogP contribution in [0.1, 0.15) is 43.9 Å². The SMILES string of the molecule is OC(C1=CCCCCC1)c1csnn1. The van der Waals surface area contributed by atoms with E-state index in [0.717, 1.165) is 18.4 Å². The topological polar surface area (TPSA) is 46.0 Å². The molecule has 1 unspecified atom stereocenters. The minimum Gasteiger partial charge on any atom is -0.382 e. The fourth-order valence-corrected chi connectivity index (χ4v) is 2.24. The first kappa shape index (κ1) is 9.80.